The molecule has 8 heteroatoms. The number of hydrogen-bond donors (Lipinski definition) is 0. The van der Waals surface area contributed by atoms with Gasteiger partial charge in [0, 0.05) is 12.2 Å². The number of benzene rings is 2. The fourth-order valence-corrected chi connectivity index (χ4v) is 4.63. The Morgan fingerprint density at radius 3 is 2.77 bits per heavy atom. The first-order chi connectivity index (χ1) is 14.6. The van der Waals surface area contributed by atoms with Gasteiger partial charge in [0.1, 0.15) is 17.2 Å². The Bertz CT molecular complexity index is 1240. The Labute approximate surface area is 176 Å². The van der Waals surface area contributed by atoms with Crippen LogP contribution in [-0.4, -0.2) is 37.5 Å². The van der Waals surface area contributed by atoms with Crippen molar-refractivity contribution in [3.63, 3.8) is 0 Å². The highest BCUT2D eigenvalue weighted by Crippen LogP contribution is 2.33. The van der Waals surface area contributed by atoms with E-state index in [2.05, 4.69) is 21.1 Å². The lowest BCUT2D eigenvalue weighted by Gasteiger charge is -2.21. The summed E-state index contributed by atoms with van der Waals surface area (Å²) in [5.41, 5.74) is 3.52. The van der Waals surface area contributed by atoms with E-state index in [9.17, 15) is 9.18 Å². The second kappa shape index (κ2) is 7.53. The Balaban J connectivity index is 1.42. The molecular formula is C22H18FN5OS. The molecule has 5 rings (SSSR count). The van der Waals surface area contributed by atoms with Crippen molar-refractivity contribution in [2.75, 3.05) is 11.4 Å². The smallest absolute Gasteiger partial charge is 0.240 e. The van der Waals surface area contributed by atoms with Crippen LogP contribution in [0.4, 0.5) is 10.1 Å². The maximum Gasteiger partial charge on any atom is 0.240 e. The van der Waals surface area contributed by atoms with Gasteiger partial charge in [0.2, 0.25) is 5.91 Å². The van der Waals surface area contributed by atoms with Crippen LogP contribution in [0, 0.1) is 5.82 Å². The summed E-state index contributed by atoms with van der Waals surface area (Å²) >= 11 is 1.40. The van der Waals surface area contributed by atoms with Crippen molar-refractivity contribution in [3.05, 3.63) is 72.4 Å². The minimum atomic E-state index is -0.316. The average Bonchev–Trinajstić information content (AvgIpc) is 3.39. The van der Waals surface area contributed by atoms with Crippen LogP contribution in [-0.2, 0) is 11.2 Å². The van der Waals surface area contributed by atoms with Gasteiger partial charge in [0.15, 0.2) is 5.65 Å². The van der Waals surface area contributed by atoms with Crippen molar-refractivity contribution in [1.29, 1.82) is 0 Å². The number of nitrogens with zero attached hydrogens (tertiary/aromatic N) is 5. The second-order valence-electron chi connectivity index (χ2n) is 7.08. The van der Waals surface area contributed by atoms with E-state index in [4.69, 9.17) is 0 Å². The Kier molecular flexibility index (Phi) is 4.71. The number of rotatable bonds is 4. The van der Waals surface area contributed by atoms with Gasteiger partial charge in [-0.25, -0.2) is 19.0 Å². The van der Waals surface area contributed by atoms with E-state index in [-0.39, 0.29) is 17.0 Å². The fraction of sp³-hybridized carbons (Fsp3) is 0.182. The van der Waals surface area contributed by atoms with Crippen LogP contribution >= 0.6 is 11.8 Å². The van der Waals surface area contributed by atoms with Gasteiger partial charge in [0.25, 0.3) is 0 Å². The standard InChI is InChI=1S/C22H18FN5OS/c1-14(22(29)27-11-10-15-4-2-3-5-19(15)27)30-21-18-12-26-28(20(18)24-13-25-21)17-8-6-16(23)7-9-17/h2-9,12-14H,10-11H2,1H3/t14-/m1/s1. The normalized spacial score (nSPS) is 14.1. The molecule has 150 valence electrons. The quantitative estimate of drug-likeness (QED) is 0.369. The van der Waals surface area contributed by atoms with E-state index < -0.39 is 0 Å². The van der Waals surface area contributed by atoms with Gasteiger partial charge in [-0.1, -0.05) is 30.0 Å². The highest BCUT2D eigenvalue weighted by molar-refractivity contribution is 8.00. The topological polar surface area (TPSA) is 63.9 Å². The van der Waals surface area contributed by atoms with Crippen molar-refractivity contribution >= 4 is 34.4 Å². The molecule has 0 unspecified atom stereocenters. The molecule has 30 heavy (non-hydrogen) atoms. The van der Waals surface area contributed by atoms with Gasteiger partial charge in [-0.05, 0) is 49.2 Å². The summed E-state index contributed by atoms with van der Waals surface area (Å²) in [7, 11) is 0. The number of fused-ring (bicyclic) bond motifs is 2. The molecule has 1 aliphatic heterocycles. The molecule has 6 nitrogen and oxygen atoms in total. The van der Waals surface area contributed by atoms with Gasteiger partial charge in [-0.3, -0.25) is 4.79 Å². The SMILES string of the molecule is C[C@@H](Sc1ncnc2c1cnn2-c1ccc(F)cc1)C(=O)N1CCc2ccccc21. The minimum Gasteiger partial charge on any atom is -0.311 e. The summed E-state index contributed by atoms with van der Waals surface area (Å²) in [6.07, 6.45) is 4.03. The molecule has 0 N–H and O–H groups in total. The van der Waals surface area contributed by atoms with Gasteiger partial charge < -0.3 is 4.90 Å². The zero-order valence-corrected chi connectivity index (χ0v) is 17.0. The predicted octanol–water partition coefficient (Wildman–Crippen LogP) is 4.02. The zero-order chi connectivity index (χ0) is 20.7. The van der Waals surface area contributed by atoms with Gasteiger partial charge in [-0.2, -0.15) is 5.10 Å². The van der Waals surface area contributed by atoms with Crippen LogP contribution in [0.15, 0.2) is 66.1 Å². The largest absolute Gasteiger partial charge is 0.311 e. The molecule has 0 saturated carbocycles. The summed E-state index contributed by atoms with van der Waals surface area (Å²) in [5.74, 6) is -0.250. The molecule has 0 aliphatic carbocycles. The highest BCUT2D eigenvalue weighted by atomic mass is 32.2. The number of thioether (sulfide) groups is 1. The second-order valence-corrected chi connectivity index (χ2v) is 8.41. The molecule has 2 aromatic heterocycles. The van der Waals surface area contributed by atoms with Gasteiger partial charge in [-0.15, -0.1) is 0 Å². The summed E-state index contributed by atoms with van der Waals surface area (Å²) in [6, 6.07) is 14.1. The molecule has 1 atom stereocenters. The van der Waals surface area contributed by atoms with Crippen molar-refractivity contribution in [2.45, 2.75) is 23.6 Å². The molecule has 1 aliphatic rings. The minimum absolute atomic E-state index is 0.0580. The molecule has 0 bridgehead atoms. The van der Waals surface area contributed by atoms with Gasteiger partial charge >= 0.3 is 0 Å². The van der Waals surface area contributed by atoms with Crippen molar-refractivity contribution < 1.29 is 9.18 Å². The number of carbonyl (C=O) groups is 1. The van der Waals surface area contributed by atoms with E-state index in [0.29, 0.717) is 22.9 Å². The third-order valence-electron chi connectivity index (χ3n) is 5.19. The van der Waals surface area contributed by atoms with Crippen molar-refractivity contribution in [2.24, 2.45) is 0 Å². The number of halogens is 1. The summed E-state index contributed by atoms with van der Waals surface area (Å²) < 4.78 is 14.9. The highest BCUT2D eigenvalue weighted by Gasteiger charge is 2.29. The van der Waals surface area contributed by atoms with E-state index in [0.717, 1.165) is 17.5 Å². The van der Waals surface area contributed by atoms with Crippen LogP contribution in [0.2, 0.25) is 0 Å². The fourth-order valence-electron chi connectivity index (χ4n) is 3.69. The lowest BCUT2D eigenvalue weighted by molar-refractivity contribution is -0.117. The molecule has 2 aromatic carbocycles. The first-order valence-electron chi connectivity index (χ1n) is 9.62. The molecule has 0 saturated heterocycles. The Morgan fingerprint density at radius 2 is 1.93 bits per heavy atom. The maximum atomic E-state index is 13.3. The third kappa shape index (κ3) is 3.23. The summed E-state index contributed by atoms with van der Waals surface area (Å²) in [5, 5.41) is 5.54. The van der Waals surface area contributed by atoms with E-state index >= 15 is 0 Å². The number of anilines is 1. The average molecular weight is 419 g/mol. The summed E-state index contributed by atoms with van der Waals surface area (Å²) in [6.45, 7) is 2.59. The van der Waals surface area contributed by atoms with Crippen LogP contribution in [0.5, 0.6) is 0 Å². The van der Waals surface area contributed by atoms with Crippen LogP contribution in [0.1, 0.15) is 12.5 Å². The number of carbonyl (C=O) groups excluding carboxylic acids is 1. The molecule has 0 fully saturated rings. The van der Waals surface area contributed by atoms with Crippen molar-refractivity contribution in [3.8, 4) is 5.69 Å². The molecule has 3 heterocycles. The lowest BCUT2D eigenvalue weighted by atomic mass is 10.2. The molecule has 0 spiro atoms. The van der Waals surface area contributed by atoms with Gasteiger partial charge in [0.05, 0.1) is 22.5 Å². The molecule has 1 amide bonds. The number of hydrogen-bond acceptors (Lipinski definition) is 5. The summed E-state index contributed by atoms with van der Waals surface area (Å²) in [4.78, 5) is 23.7. The maximum absolute atomic E-state index is 13.3. The monoisotopic (exact) mass is 419 g/mol. The van der Waals surface area contributed by atoms with Crippen LogP contribution in [0.25, 0.3) is 16.7 Å². The Morgan fingerprint density at radius 1 is 1.13 bits per heavy atom. The molecular weight excluding hydrogens is 401 g/mol. The van der Waals surface area contributed by atoms with E-state index in [1.807, 2.05) is 30.0 Å². The molecule has 0 radical (unpaired) electrons. The van der Waals surface area contributed by atoms with Crippen LogP contribution < -0.4 is 4.90 Å². The lowest BCUT2D eigenvalue weighted by Crippen LogP contribution is -2.35. The number of aromatic nitrogens is 4. The first-order valence-corrected chi connectivity index (χ1v) is 10.5. The third-order valence-corrected chi connectivity index (χ3v) is 6.29. The predicted molar refractivity (Wildman–Crippen MR) is 114 cm³/mol. The zero-order valence-electron chi connectivity index (χ0n) is 16.2. The first kappa shape index (κ1) is 18.7. The van der Waals surface area contributed by atoms with E-state index in [1.165, 1.54) is 35.8 Å². The van der Waals surface area contributed by atoms with Crippen molar-refractivity contribution in [1.82, 2.24) is 19.7 Å². The van der Waals surface area contributed by atoms with E-state index in [1.54, 1.807) is 23.0 Å². The Hall–Kier alpha value is -3.26. The molecule has 4 aromatic rings. The number of amides is 1. The number of para-hydroxylation sites is 1. The van der Waals surface area contributed by atoms with Crippen LogP contribution in [0.3, 0.4) is 0 Å².